The van der Waals surface area contributed by atoms with Crippen molar-refractivity contribution in [3.05, 3.63) is 53.6 Å². The molecular weight excluding hydrogens is 426 g/mol. The van der Waals surface area contributed by atoms with Gasteiger partial charge >= 0.3 is 6.09 Å². The molecule has 2 fully saturated rings. The maximum Gasteiger partial charge on any atom is 0.415 e. The van der Waals surface area contributed by atoms with Crippen LogP contribution in [0.4, 0.5) is 10.5 Å². The number of rotatable bonds is 4. The molecule has 2 heterocycles. The maximum absolute atomic E-state index is 13.0. The van der Waals surface area contributed by atoms with Crippen LogP contribution >= 0.6 is 0 Å². The lowest BCUT2D eigenvalue weighted by atomic mass is 9.78. The van der Waals surface area contributed by atoms with Crippen LogP contribution < -0.4 is 14.4 Å². The summed E-state index contributed by atoms with van der Waals surface area (Å²) >= 11 is 0. The Kier molecular flexibility index (Phi) is 6.43. The van der Waals surface area contributed by atoms with Crippen molar-refractivity contribution in [2.45, 2.75) is 57.5 Å². The van der Waals surface area contributed by atoms with E-state index < -0.39 is 0 Å². The van der Waals surface area contributed by atoms with Crippen molar-refractivity contribution < 1.29 is 14.3 Å². The van der Waals surface area contributed by atoms with E-state index in [1.54, 1.807) is 31.4 Å². The van der Waals surface area contributed by atoms with E-state index in [2.05, 4.69) is 41.8 Å². The predicted octanol–water partition coefficient (Wildman–Crippen LogP) is 5.05. The molecule has 5 rings (SSSR count). The van der Waals surface area contributed by atoms with E-state index in [0.29, 0.717) is 18.8 Å². The Hall–Kier alpha value is -2.73. The molecule has 1 saturated heterocycles. The third kappa shape index (κ3) is 4.74. The van der Waals surface area contributed by atoms with E-state index in [0.717, 1.165) is 38.0 Å². The number of methoxy groups -OCH3 is 1. The molecule has 0 aromatic heterocycles. The Bertz CT molecular complexity index is 1010. The van der Waals surface area contributed by atoms with Gasteiger partial charge in [0, 0.05) is 56.4 Å². The molecule has 1 amide bonds. The lowest BCUT2D eigenvalue weighted by Crippen LogP contribution is -2.50. The summed E-state index contributed by atoms with van der Waals surface area (Å²) in [6, 6.07) is 14.8. The Balaban J connectivity index is 1.27. The predicted molar refractivity (Wildman–Crippen MR) is 135 cm³/mol. The van der Waals surface area contributed by atoms with Gasteiger partial charge in [0.1, 0.15) is 11.5 Å². The van der Waals surface area contributed by atoms with Crippen molar-refractivity contribution in [3.63, 3.8) is 0 Å². The largest absolute Gasteiger partial charge is 0.497 e. The summed E-state index contributed by atoms with van der Waals surface area (Å²) in [5.74, 6) is 1.27. The number of carbonyl (C=O) groups excluding carboxylic acids is 1. The zero-order valence-electron chi connectivity index (χ0n) is 20.8. The van der Waals surface area contributed by atoms with E-state index in [1.165, 1.54) is 42.5 Å². The summed E-state index contributed by atoms with van der Waals surface area (Å²) in [6.07, 6.45) is 5.22. The highest BCUT2D eigenvalue weighted by Gasteiger charge is 2.35. The molecule has 0 spiro atoms. The van der Waals surface area contributed by atoms with Crippen molar-refractivity contribution in [2.24, 2.45) is 0 Å². The normalized spacial score (nSPS) is 20.8. The van der Waals surface area contributed by atoms with E-state index in [9.17, 15) is 4.79 Å². The molecule has 0 radical (unpaired) electrons. The third-order valence-corrected chi connectivity index (χ3v) is 7.81. The first-order valence-corrected chi connectivity index (χ1v) is 12.7. The number of fused-ring (bicyclic) bond motifs is 1. The lowest BCUT2D eigenvalue weighted by molar-refractivity contribution is 0.132. The number of hydrogen-bond donors (Lipinski definition) is 0. The number of ether oxygens (including phenoxy) is 2. The fourth-order valence-electron chi connectivity index (χ4n) is 5.94. The minimum Gasteiger partial charge on any atom is -0.497 e. The molecule has 6 nitrogen and oxygen atoms in total. The van der Waals surface area contributed by atoms with Gasteiger partial charge in [0.15, 0.2) is 0 Å². The lowest BCUT2D eigenvalue weighted by Gasteiger charge is -2.41. The first-order valence-electron chi connectivity index (χ1n) is 12.7. The van der Waals surface area contributed by atoms with Gasteiger partial charge < -0.3 is 19.3 Å². The van der Waals surface area contributed by atoms with Crippen LogP contribution in [0.3, 0.4) is 0 Å². The third-order valence-electron chi connectivity index (χ3n) is 7.81. The Morgan fingerprint density at radius 1 is 0.941 bits per heavy atom. The minimum absolute atomic E-state index is 0.133. The number of anilines is 1. The molecule has 3 aliphatic rings. The van der Waals surface area contributed by atoms with Crippen molar-refractivity contribution in [3.8, 4) is 11.5 Å². The smallest absolute Gasteiger partial charge is 0.415 e. The molecule has 2 aliphatic heterocycles. The summed E-state index contributed by atoms with van der Waals surface area (Å²) in [4.78, 5) is 20.1. The second-order valence-corrected chi connectivity index (χ2v) is 10.6. The SMILES string of the molecule is COc1ccc(OC(=O)N2Cc3cc(N4CCN(C5CCCC5)CC4)ccc3C(C)(C)C2)cc1. The van der Waals surface area contributed by atoms with Gasteiger partial charge in [-0.25, -0.2) is 4.79 Å². The van der Waals surface area contributed by atoms with Crippen LogP contribution in [0.15, 0.2) is 42.5 Å². The molecule has 0 unspecified atom stereocenters. The average Bonchev–Trinajstić information content (AvgIpc) is 3.39. The first kappa shape index (κ1) is 23.0. The maximum atomic E-state index is 13.0. The Labute approximate surface area is 203 Å². The molecule has 1 aliphatic carbocycles. The fourth-order valence-corrected chi connectivity index (χ4v) is 5.94. The minimum atomic E-state index is -0.306. The molecular formula is C28H37N3O3. The zero-order valence-corrected chi connectivity index (χ0v) is 20.8. The Morgan fingerprint density at radius 3 is 2.29 bits per heavy atom. The monoisotopic (exact) mass is 463 g/mol. The molecule has 34 heavy (non-hydrogen) atoms. The van der Waals surface area contributed by atoms with Gasteiger partial charge in [-0.3, -0.25) is 4.90 Å². The van der Waals surface area contributed by atoms with Gasteiger partial charge in [-0.1, -0.05) is 32.8 Å². The molecule has 6 heteroatoms. The average molecular weight is 464 g/mol. The van der Waals surface area contributed by atoms with E-state index >= 15 is 0 Å². The van der Waals surface area contributed by atoms with Crippen LogP contribution in [0.2, 0.25) is 0 Å². The molecule has 0 atom stereocenters. The second kappa shape index (κ2) is 9.49. The standard InChI is InChI=1S/C28H37N3O3/c1-28(2)20-31(27(32)34-25-11-9-24(33-3)10-12-25)19-21-18-23(8-13-26(21)28)30-16-14-29(15-17-30)22-6-4-5-7-22/h8-13,18,22H,4-7,14-17,19-20H2,1-3H3. The number of hydrogen-bond acceptors (Lipinski definition) is 5. The quantitative estimate of drug-likeness (QED) is 0.635. The van der Waals surface area contributed by atoms with Crippen LogP contribution in [-0.4, -0.2) is 61.8 Å². The highest BCUT2D eigenvalue weighted by molar-refractivity contribution is 5.72. The van der Waals surface area contributed by atoms with Crippen LogP contribution in [0.1, 0.15) is 50.7 Å². The van der Waals surface area contributed by atoms with Gasteiger partial charge in [-0.2, -0.15) is 0 Å². The Morgan fingerprint density at radius 2 is 1.62 bits per heavy atom. The van der Waals surface area contributed by atoms with Gasteiger partial charge in [0.2, 0.25) is 0 Å². The van der Waals surface area contributed by atoms with Crippen LogP contribution in [0.5, 0.6) is 11.5 Å². The number of carbonyl (C=O) groups is 1. The van der Waals surface area contributed by atoms with Crippen molar-refractivity contribution in [1.82, 2.24) is 9.80 Å². The first-order chi connectivity index (χ1) is 16.4. The van der Waals surface area contributed by atoms with Crippen LogP contribution in [0, 0.1) is 0 Å². The van der Waals surface area contributed by atoms with E-state index in [-0.39, 0.29) is 11.5 Å². The number of benzene rings is 2. The molecule has 2 aromatic carbocycles. The number of nitrogens with zero attached hydrogens (tertiary/aromatic N) is 3. The molecule has 0 N–H and O–H groups in total. The van der Waals surface area contributed by atoms with Gasteiger partial charge in [0.05, 0.1) is 7.11 Å². The fraction of sp³-hybridized carbons (Fsp3) is 0.536. The summed E-state index contributed by atoms with van der Waals surface area (Å²) < 4.78 is 10.9. The van der Waals surface area contributed by atoms with Crippen molar-refractivity contribution in [1.29, 1.82) is 0 Å². The van der Waals surface area contributed by atoms with Crippen LogP contribution in [-0.2, 0) is 12.0 Å². The van der Waals surface area contributed by atoms with Crippen LogP contribution in [0.25, 0.3) is 0 Å². The summed E-state index contributed by atoms with van der Waals surface area (Å²) in [7, 11) is 1.62. The topological polar surface area (TPSA) is 45.3 Å². The highest BCUT2D eigenvalue weighted by atomic mass is 16.6. The molecule has 0 bridgehead atoms. The van der Waals surface area contributed by atoms with E-state index in [4.69, 9.17) is 9.47 Å². The van der Waals surface area contributed by atoms with Gasteiger partial charge in [0.25, 0.3) is 0 Å². The summed E-state index contributed by atoms with van der Waals surface area (Å²) in [5, 5.41) is 0. The molecule has 2 aromatic rings. The summed E-state index contributed by atoms with van der Waals surface area (Å²) in [6.45, 7) is 10.1. The van der Waals surface area contributed by atoms with Crippen molar-refractivity contribution >= 4 is 11.8 Å². The number of amides is 1. The van der Waals surface area contributed by atoms with E-state index in [1.807, 2.05) is 4.90 Å². The molecule has 1 saturated carbocycles. The number of piperazine rings is 1. The van der Waals surface area contributed by atoms with Gasteiger partial charge in [-0.15, -0.1) is 0 Å². The van der Waals surface area contributed by atoms with Crippen molar-refractivity contribution in [2.75, 3.05) is 44.7 Å². The van der Waals surface area contributed by atoms with Gasteiger partial charge in [-0.05, 0) is 60.4 Å². The highest BCUT2D eigenvalue weighted by Crippen LogP contribution is 2.36. The second-order valence-electron chi connectivity index (χ2n) is 10.6. The zero-order chi connectivity index (χ0) is 23.7. The summed E-state index contributed by atoms with van der Waals surface area (Å²) in [5.41, 5.74) is 3.69. The molecule has 182 valence electrons.